The van der Waals surface area contributed by atoms with Gasteiger partial charge in [0, 0.05) is 24.9 Å². The van der Waals surface area contributed by atoms with Gasteiger partial charge in [-0.2, -0.15) is 0 Å². The molecule has 2 nitrogen and oxygen atoms in total. The van der Waals surface area contributed by atoms with Crippen molar-refractivity contribution in [1.82, 2.24) is 4.90 Å². The molecule has 2 rings (SSSR count). The summed E-state index contributed by atoms with van der Waals surface area (Å²) in [6.45, 7) is 3.61. The smallest absolute Gasteiger partial charge is 0.226 e. The van der Waals surface area contributed by atoms with E-state index in [1.165, 1.54) is 5.56 Å². The third kappa shape index (κ3) is 3.05. The van der Waals surface area contributed by atoms with Gasteiger partial charge in [0.05, 0.1) is 0 Å². The van der Waals surface area contributed by atoms with E-state index in [0.717, 1.165) is 25.9 Å². The minimum atomic E-state index is 0.197. The Morgan fingerprint density at radius 2 is 2.11 bits per heavy atom. The highest BCUT2D eigenvalue weighted by Gasteiger charge is 2.45. The van der Waals surface area contributed by atoms with Gasteiger partial charge in [0.25, 0.3) is 0 Å². The first-order valence-electron chi connectivity index (χ1n) is 6.67. The lowest BCUT2D eigenvalue weighted by molar-refractivity contribution is -0.132. The molecule has 2 unspecified atom stereocenters. The Hall–Kier alpha value is -1.02. The molecule has 0 bridgehead atoms. The number of nitrogens with zero attached hydrogens (tertiary/aromatic N) is 1. The molecule has 3 heteroatoms. The van der Waals surface area contributed by atoms with Crippen LogP contribution in [-0.2, 0) is 4.79 Å². The zero-order valence-electron chi connectivity index (χ0n) is 10.8. The van der Waals surface area contributed by atoms with Crippen LogP contribution in [0.1, 0.15) is 31.2 Å². The Kier molecular flexibility index (Phi) is 4.65. The molecule has 1 fully saturated rings. The van der Waals surface area contributed by atoms with E-state index in [-0.39, 0.29) is 5.92 Å². The molecule has 2 atom stereocenters. The van der Waals surface area contributed by atoms with Gasteiger partial charge in [0.2, 0.25) is 5.91 Å². The minimum absolute atomic E-state index is 0.197. The quantitative estimate of drug-likeness (QED) is 0.723. The van der Waals surface area contributed by atoms with Crippen molar-refractivity contribution in [1.29, 1.82) is 0 Å². The van der Waals surface area contributed by atoms with Crippen molar-refractivity contribution < 1.29 is 4.79 Å². The molecule has 0 saturated heterocycles. The largest absolute Gasteiger partial charge is 0.343 e. The van der Waals surface area contributed by atoms with Gasteiger partial charge in [-0.3, -0.25) is 4.79 Å². The van der Waals surface area contributed by atoms with Crippen LogP contribution in [0.25, 0.3) is 0 Å². The Balaban J connectivity index is 1.92. The molecule has 18 heavy (non-hydrogen) atoms. The highest BCUT2D eigenvalue weighted by molar-refractivity contribution is 6.17. The number of hydrogen-bond donors (Lipinski definition) is 0. The summed E-state index contributed by atoms with van der Waals surface area (Å²) in [5.41, 5.74) is 1.30. The van der Waals surface area contributed by atoms with Gasteiger partial charge in [-0.05, 0) is 31.2 Å². The number of carbonyl (C=O) groups is 1. The van der Waals surface area contributed by atoms with Gasteiger partial charge < -0.3 is 4.90 Å². The van der Waals surface area contributed by atoms with Crippen molar-refractivity contribution in [3.8, 4) is 0 Å². The first-order valence-corrected chi connectivity index (χ1v) is 7.21. The van der Waals surface area contributed by atoms with E-state index in [0.29, 0.717) is 17.7 Å². The number of amides is 1. The van der Waals surface area contributed by atoms with Crippen LogP contribution in [0, 0.1) is 5.92 Å². The average Bonchev–Trinajstić information content (AvgIpc) is 3.20. The summed E-state index contributed by atoms with van der Waals surface area (Å²) in [6, 6.07) is 10.3. The lowest BCUT2D eigenvalue weighted by Gasteiger charge is -2.20. The number of hydrogen-bond acceptors (Lipinski definition) is 1. The molecule has 1 aliphatic rings. The van der Waals surface area contributed by atoms with Crippen LogP contribution < -0.4 is 0 Å². The molecule has 0 radical (unpaired) electrons. The van der Waals surface area contributed by atoms with Gasteiger partial charge in [0.15, 0.2) is 0 Å². The third-order valence-electron chi connectivity index (χ3n) is 3.59. The first kappa shape index (κ1) is 13.4. The average molecular weight is 266 g/mol. The number of rotatable bonds is 6. The van der Waals surface area contributed by atoms with Crippen molar-refractivity contribution >= 4 is 17.5 Å². The second kappa shape index (κ2) is 6.24. The number of carbonyl (C=O) groups excluding carboxylic acids is 1. The maximum atomic E-state index is 12.3. The Morgan fingerprint density at radius 1 is 1.39 bits per heavy atom. The van der Waals surface area contributed by atoms with Crippen molar-refractivity contribution in [2.75, 3.05) is 19.0 Å². The lowest BCUT2D eigenvalue weighted by Crippen LogP contribution is -2.33. The zero-order valence-corrected chi connectivity index (χ0v) is 11.6. The molecule has 0 N–H and O–H groups in total. The lowest BCUT2D eigenvalue weighted by atomic mass is 10.1. The van der Waals surface area contributed by atoms with Gasteiger partial charge >= 0.3 is 0 Å². The number of halogens is 1. The van der Waals surface area contributed by atoms with Crippen LogP contribution in [0.5, 0.6) is 0 Å². The Morgan fingerprint density at radius 3 is 2.72 bits per heavy atom. The standard InChI is InChI=1S/C15H20ClNO/c1-2-17(10-6-9-16)15(18)14-11-13(14)12-7-4-3-5-8-12/h3-5,7-8,13-14H,2,6,9-11H2,1H3. The predicted octanol–water partition coefficient (Wildman–Crippen LogP) is 3.27. The molecule has 0 spiro atoms. The van der Waals surface area contributed by atoms with Gasteiger partial charge in [-0.25, -0.2) is 0 Å². The van der Waals surface area contributed by atoms with Crippen molar-refractivity contribution in [3.05, 3.63) is 35.9 Å². The molecule has 1 aliphatic carbocycles. The second-order valence-electron chi connectivity index (χ2n) is 4.82. The predicted molar refractivity (Wildman–Crippen MR) is 74.9 cm³/mol. The Bertz CT molecular complexity index is 393. The first-order chi connectivity index (χ1) is 8.77. The topological polar surface area (TPSA) is 20.3 Å². The van der Waals surface area contributed by atoms with E-state index in [9.17, 15) is 4.79 Å². The third-order valence-corrected chi connectivity index (χ3v) is 3.86. The van der Waals surface area contributed by atoms with E-state index in [4.69, 9.17) is 11.6 Å². The van der Waals surface area contributed by atoms with Crippen LogP contribution in [0.4, 0.5) is 0 Å². The fraction of sp³-hybridized carbons (Fsp3) is 0.533. The van der Waals surface area contributed by atoms with Crippen LogP contribution >= 0.6 is 11.6 Å². The monoisotopic (exact) mass is 265 g/mol. The molecular weight excluding hydrogens is 246 g/mol. The Labute approximate surface area is 114 Å². The summed E-state index contributed by atoms with van der Waals surface area (Å²) in [7, 11) is 0. The summed E-state index contributed by atoms with van der Waals surface area (Å²) in [5.74, 6) is 1.55. The highest BCUT2D eigenvalue weighted by Crippen LogP contribution is 2.48. The van der Waals surface area contributed by atoms with E-state index < -0.39 is 0 Å². The fourth-order valence-corrected chi connectivity index (χ4v) is 2.57. The molecule has 1 amide bonds. The molecule has 0 aromatic heterocycles. The van der Waals surface area contributed by atoms with Crippen LogP contribution in [0.2, 0.25) is 0 Å². The molecule has 1 aromatic rings. The summed E-state index contributed by atoms with van der Waals surface area (Å²) in [5, 5.41) is 0. The van der Waals surface area contributed by atoms with Crippen molar-refractivity contribution in [3.63, 3.8) is 0 Å². The summed E-state index contributed by atoms with van der Waals surface area (Å²) in [4.78, 5) is 14.2. The summed E-state index contributed by atoms with van der Waals surface area (Å²) >= 11 is 5.69. The summed E-state index contributed by atoms with van der Waals surface area (Å²) < 4.78 is 0. The maximum Gasteiger partial charge on any atom is 0.226 e. The van der Waals surface area contributed by atoms with Gasteiger partial charge in [-0.1, -0.05) is 30.3 Å². The normalized spacial score (nSPS) is 21.7. The number of benzene rings is 1. The molecule has 98 valence electrons. The van der Waals surface area contributed by atoms with E-state index >= 15 is 0 Å². The minimum Gasteiger partial charge on any atom is -0.343 e. The molecule has 1 aromatic carbocycles. The van der Waals surface area contributed by atoms with E-state index in [1.54, 1.807) is 0 Å². The zero-order chi connectivity index (χ0) is 13.0. The van der Waals surface area contributed by atoms with Gasteiger partial charge in [0.1, 0.15) is 0 Å². The van der Waals surface area contributed by atoms with E-state index in [1.807, 2.05) is 30.0 Å². The van der Waals surface area contributed by atoms with Gasteiger partial charge in [-0.15, -0.1) is 11.6 Å². The van der Waals surface area contributed by atoms with Crippen LogP contribution in [0.3, 0.4) is 0 Å². The molecule has 0 aliphatic heterocycles. The van der Waals surface area contributed by atoms with Crippen molar-refractivity contribution in [2.45, 2.75) is 25.7 Å². The maximum absolute atomic E-state index is 12.3. The van der Waals surface area contributed by atoms with Crippen LogP contribution in [-0.4, -0.2) is 29.8 Å². The number of alkyl halides is 1. The molecule has 0 heterocycles. The second-order valence-corrected chi connectivity index (χ2v) is 5.20. The molecule has 1 saturated carbocycles. The molecular formula is C15H20ClNO. The summed E-state index contributed by atoms with van der Waals surface area (Å²) in [6.07, 6.45) is 1.88. The van der Waals surface area contributed by atoms with E-state index in [2.05, 4.69) is 12.1 Å². The van der Waals surface area contributed by atoms with Crippen LogP contribution in [0.15, 0.2) is 30.3 Å². The van der Waals surface area contributed by atoms with Crippen molar-refractivity contribution in [2.24, 2.45) is 5.92 Å². The fourth-order valence-electron chi connectivity index (χ4n) is 2.45. The highest BCUT2D eigenvalue weighted by atomic mass is 35.5. The SMILES string of the molecule is CCN(CCCCl)C(=O)C1CC1c1ccccc1.